The lowest BCUT2D eigenvalue weighted by Crippen LogP contribution is -2.16. The number of fused-ring (bicyclic) bond motifs is 1. The molecular formula is C26H22BrFN2O5S. The van der Waals surface area contributed by atoms with E-state index in [-0.39, 0.29) is 36.4 Å². The Kier molecular flexibility index (Phi) is 8.40. The third kappa shape index (κ3) is 6.13. The minimum absolute atomic E-state index is 0.00434. The van der Waals surface area contributed by atoms with Gasteiger partial charge in [-0.05, 0) is 70.0 Å². The number of thiophene rings is 1. The first-order valence-corrected chi connectivity index (χ1v) is 12.8. The molecule has 2 heterocycles. The number of nitrogens with one attached hydrogen (secondary N) is 1. The molecule has 0 spiro atoms. The van der Waals surface area contributed by atoms with Gasteiger partial charge in [0.25, 0.3) is 5.56 Å². The third-order valence-electron chi connectivity index (χ3n) is 5.40. The lowest BCUT2D eigenvalue weighted by atomic mass is 10.1. The molecule has 1 N–H and O–H groups in total. The molecule has 36 heavy (non-hydrogen) atoms. The number of hydrogen-bond donors (Lipinski definition) is 1. The number of ether oxygens (including phenoxy) is 2. The highest BCUT2D eigenvalue weighted by atomic mass is 79.9. The van der Waals surface area contributed by atoms with Crippen molar-refractivity contribution in [3.63, 3.8) is 0 Å². The molecule has 0 saturated carbocycles. The second-order valence-corrected chi connectivity index (χ2v) is 9.65. The van der Waals surface area contributed by atoms with E-state index in [1.54, 1.807) is 48.7 Å². The SMILES string of the molecule is CCOC(=O)c1ccc(COCc2csc3nc(C(=O)CCc4ccc(F)c(Br)c4)[nH]c(=O)c23)cc1. The van der Waals surface area contributed by atoms with Gasteiger partial charge in [-0.1, -0.05) is 18.2 Å². The second-order valence-electron chi connectivity index (χ2n) is 7.94. The maximum absolute atomic E-state index is 13.4. The number of ketones is 1. The number of halogens is 2. The molecule has 0 atom stereocenters. The van der Waals surface area contributed by atoms with E-state index in [0.29, 0.717) is 45.5 Å². The normalized spacial score (nSPS) is 11.1. The molecule has 0 aliphatic rings. The monoisotopic (exact) mass is 572 g/mol. The van der Waals surface area contributed by atoms with Gasteiger partial charge in [0.2, 0.25) is 0 Å². The molecule has 0 fully saturated rings. The van der Waals surface area contributed by atoms with Gasteiger partial charge in [0.05, 0.1) is 35.2 Å². The second kappa shape index (κ2) is 11.7. The number of hydrogen-bond acceptors (Lipinski definition) is 7. The van der Waals surface area contributed by atoms with Gasteiger partial charge in [0.1, 0.15) is 10.6 Å². The first kappa shape index (κ1) is 25.9. The molecule has 4 rings (SSSR count). The first-order valence-electron chi connectivity index (χ1n) is 11.2. The molecule has 0 saturated heterocycles. The number of H-pyrrole nitrogens is 1. The first-order chi connectivity index (χ1) is 17.4. The zero-order chi connectivity index (χ0) is 25.7. The van der Waals surface area contributed by atoms with Gasteiger partial charge in [-0.15, -0.1) is 11.3 Å². The van der Waals surface area contributed by atoms with E-state index >= 15 is 0 Å². The fourth-order valence-electron chi connectivity index (χ4n) is 3.55. The van der Waals surface area contributed by atoms with Gasteiger partial charge in [-0.25, -0.2) is 14.2 Å². The average molecular weight is 573 g/mol. The largest absolute Gasteiger partial charge is 0.462 e. The zero-order valence-corrected chi connectivity index (χ0v) is 21.7. The number of Topliss-reactive ketones (excluding diaryl/α,β-unsaturated/α-hetero) is 1. The van der Waals surface area contributed by atoms with E-state index in [2.05, 4.69) is 25.9 Å². The Morgan fingerprint density at radius 3 is 2.58 bits per heavy atom. The lowest BCUT2D eigenvalue weighted by molar-refractivity contribution is 0.0526. The summed E-state index contributed by atoms with van der Waals surface area (Å²) in [6.07, 6.45) is 0.520. The number of carbonyl (C=O) groups is 2. The summed E-state index contributed by atoms with van der Waals surface area (Å²) in [6, 6.07) is 11.5. The number of benzene rings is 2. The summed E-state index contributed by atoms with van der Waals surface area (Å²) in [4.78, 5) is 44.5. The molecule has 4 aromatic rings. The van der Waals surface area contributed by atoms with E-state index in [0.717, 1.165) is 11.1 Å². The van der Waals surface area contributed by atoms with Crippen molar-refractivity contribution in [3.8, 4) is 0 Å². The van der Waals surface area contributed by atoms with E-state index in [1.807, 2.05) is 0 Å². The summed E-state index contributed by atoms with van der Waals surface area (Å²) in [6.45, 7) is 2.55. The van der Waals surface area contributed by atoms with Crippen LogP contribution >= 0.6 is 27.3 Å². The van der Waals surface area contributed by atoms with Crippen molar-refractivity contribution in [2.75, 3.05) is 6.61 Å². The van der Waals surface area contributed by atoms with Crippen molar-refractivity contribution < 1.29 is 23.5 Å². The summed E-state index contributed by atoms with van der Waals surface area (Å²) in [5.74, 6) is -1.04. The minimum Gasteiger partial charge on any atom is -0.462 e. The summed E-state index contributed by atoms with van der Waals surface area (Å²) >= 11 is 4.41. The minimum atomic E-state index is -0.397. The van der Waals surface area contributed by atoms with Crippen LogP contribution in [0.4, 0.5) is 4.39 Å². The summed E-state index contributed by atoms with van der Waals surface area (Å²) in [5, 5.41) is 2.19. The Balaban J connectivity index is 1.38. The topological polar surface area (TPSA) is 98.3 Å². The molecule has 0 radical (unpaired) electrons. The fraction of sp³-hybridized carbons (Fsp3) is 0.231. The predicted octanol–water partition coefficient (Wildman–Crippen LogP) is 5.60. The number of aryl methyl sites for hydroxylation is 1. The van der Waals surface area contributed by atoms with Crippen LogP contribution in [0.25, 0.3) is 10.2 Å². The van der Waals surface area contributed by atoms with Crippen molar-refractivity contribution in [1.29, 1.82) is 0 Å². The van der Waals surface area contributed by atoms with Crippen LogP contribution in [0.1, 0.15) is 51.0 Å². The van der Waals surface area contributed by atoms with Crippen LogP contribution in [0.3, 0.4) is 0 Å². The number of aromatic nitrogens is 2. The van der Waals surface area contributed by atoms with Crippen LogP contribution in [-0.2, 0) is 29.1 Å². The van der Waals surface area contributed by atoms with Crippen molar-refractivity contribution >= 4 is 49.2 Å². The third-order valence-corrected chi connectivity index (χ3v) is 6.93. The Hall–Kier alpha value is -3.21. The van der Waals surface area contributed by atoms with Crippen molar-refractivity contribution in [1.82, 2.24) is 9.97 Å². The Morgan fingerprint density at radius 2 is 1.86 bits per heavy atom. The molecule has 0 aliphatic heterocycles. The Morgan fingerprint density at radius 1 is 1.11 bits per heavy atom. The Bertz CT molecular complexity index is 1470. The van der Waals surface area contributed by atoms with Gasteiger partial charge >= 0.3 is 5.97 Å². The highest BCUT2D eigenvalue weighted by Crippen LogP contribution is 2.23. The lowest BCUT2D eigenvalue weighted by Gasteiger charge is -2.06. The summed E-state index contributed by atoms with van der Waals surface area (Å²) in [7, 11) is 0. The van der Waals surface area contributed by atoms with Gasteiger partial charge < -0.3 is 14.5 Å². The molecule has 0 amide bonds. The van der Waals surface area contributed by atoms with Crippen LogP contribution in [0.2, 0.25) is 0 Å². The number of aromatic amines is 1. The molecule has 10 heteroatoms. The van der Waals surface area contributed by atoms with Gasteiger partial charge in [-0.2, -0.15) is 0 Å². The number of carbonyl (C=O) groups excluding carboxylic acids is 2. The maximum Gasteiger partial charge on any atom is 0.338 e. The zero-order valence-electron chi connectivity index (χ0n) is 19.3. The predicted molar refractivity (Wildman–Crippen MR) is 138 cm³/mol. The van der Waals surface area contributed by atoms with Crippen LogP contribution in [0, 0.1) is 5.82 Å². The van der Waals surface area contributed by atoms with E-state index < -0.39 is 5.56 Å². The molecule has 2 aromatic carbocycles. The molecule has 7 nitrogen and oxygen atoms in total. The number of esters is 1. The number of rotatable bonds is 10. The molecule has 186 valence electrons. The summed E-state index contributed by atoms with van der Waals surface area (Å²) in [5.41, 5.74) is 2.42. The quantitative estimate of drug-likeness (QED) is 0.196. The van der Waals surface area contributed by atoms with Gasteiger partial charge in [-0.3, -0.25) is 9.59 Å². The van der Waals surface area contributed by atoms with Crippen molar-refractivity contribution in [2.45, 2.75) is 33.0 Å². The van der Waals surface area contributed by atoms with Crippen molar-refractivity contribution in [2.24, 2.45) is 0 Å². The molecule has 2 aromatic heterocycles. The van der Waals surface area contributed by atoms with Crippen LogP contribution in [0.5, 0.6) is 0 Å². The maximum atomic E-state index is 13.4. The number of nitrogens with zero attached hydrogens (tertiary/aromatic N) is 1. The van der Waals surface area contributed by atoms with Crippen LogP contribution < -0.4 is 5.56 Å². The van der Waals surface area contributed by atoms with Crippen molar-refractivity contribution in [3.05, 3.63) is 96.6 Å². The van der Waals surface area contributed by atoms with Crippen LogP contribution in [-0.4, -0.2) is 28.3 Å². The fourth-order valence-corrected chi connectivity index (χ4v) is 4.90. The molecule has 0 unspecified atom stereocenters. The average Bonchev–Trinajstić information content (AvgIpc) is 3.28. The van der Waals surface area contributed by atoms with Gasteiger partial charge in [0, 0.05) is 12.0 Å². The highest BCUT2D eigenvalue weighted by Gasteiger charge is 2.16. The highest BCUT2D eigenvalue weighted by molar-refractivity contribution is 9.10. The standard InChI is InChI=1S/C26H22BrFN2O5S/c1-2-35-26(33)17-7-3-16(4-8-17)12-34-13-18-14-36-25-22(18)24(32)29-23(30-25)21(31)10-6-15-5-9-20(28)19(27)11-15/h3-5,7-9,11,14H,2,6,10,12-13H2,1H3,(H,29,30,32). The molecular weight excluding hydrogens is 551 g/mol. The van der Waals surface area contributed by atoms with Crippen LogP contribution in [0.15, 0.2) is 57.1 Å². The Labute approximate surface area is 218 Å². The summed E-state index contributed by atoms with van der Waals surface area (Å²) < 4.78 is 24.5. The molecule has 0 aliphatic carbocycles. The smallest absolute Gasteiger partial charge is 0.338 e. The van der Waals surface area contributed by atoms with E-state index in [9.17, 15) is 18.8 Å². The molecule has 0 bridgehead atoms. The van der Waals surface area contributed by atoms with Gasteiger partial charge in [0.15, 0.2) is 11.6 Å². The van der Waals surface area contributed by atoms with E-state index in [1.165, 1.54) is 17.4 Å². The van der Waals surface area contributed by atoms with E-state index in [4.69, 9.17) is 9.47 Å².